The second-order valence-corrected chi connectivity index (χ2v) is 9.87. The normalized spacial score (nSPS) is 16.3. The van der Waals surface area contributed by atoms with E-state index in [-0.39, 0.29) is 0 Å². The largest absolute Gasteiger partial charge is 0.355 e. The molecule has 1 fully saturated rings. The van der Waals surface area contributed by atoms with E-state index in [1.807, 2.05) is 0 Å². The highest BCUT2D eigenvalue weighted by atomic mass is 32.2. The fourth-order valence-corrected chi connectivity index (χ4v) is 5.55. The molecule has 1 aliphatic rings. The number of sulfonamides is 1. The SMILES string of the molecule is CN=C(NCCNS(=O)(=O)c1cccs1)N1CCC(Cc2ccccc2)CC1. The number of rotatable bonds is 7. The number of piperidine rings is 1. The quantitative estimate of drug-likeness (QED) is 0.410. The number of benzene rings is 1. The number of nitrogens with zero attached hydrogens (tertiary/aromatic N) is 2. The maximum absolute atomic E-state index is 12.1. The summed E-state index contributed by atoms with van der Waals surface area (Å²) in [6.07, 6.45) is 3.41. The first-order valence-electron chi connectivity index (χ1n) is 9.61. The molecular formula is C20H28N4O2S2. The van der Waals surface area contributed by atoms with Crippen LogP contribution in [-0.2, 0) is 16.4 Å². The molecule has 0 aliphatic carbocycles. The molecule has 1 saturated heterocycles. The van der Waals surface area contributed by atoms with Gasteiger partial charge >= 0.3 is 0 Å². The first-order chi connectivity index (χ1) is 13.6. The van der Waals surface area contributed by atoms with Gasteiger partial charge in [0.1, 0.15) is 4.21 Å². The molecule has 0 amide bonds. The van der Waals surface area contributed by atoms with E-state index in [0.29, 0.717) is 23.2 Å². The maximum Gasteiger partial charge on any atom is 0.250 e. The summed E-state index contributed by atoms with van der Waals surface area (Å²) in [5, 5.41) is 5.03. The van der Waals surface area contributed by atoms with Crippen LogP contribution < -0.4 is 10.0 Å². The van der Waals surface area contributed by atoms with Crippen LogP contribution in [0.4, 0.5) is 0 Å². The molecule has 8 heteroatoms. The van der Waals surface area contributed by atoms with Gasteiger partial charge in [0.2, 0.25) is 10.0 Å². The molecule has 1 aromatic carbocycles. The van der Waals surface area contributed by atoms with Gasteiger partial charge in [0, 0.05) is 33.2 Å². The van der Waals surface area contributed by atoms with Gasteiger partial charge in [0.15, 0.2) is 5.96 Å². The minimum absolute atomic E-state index is 0.323. The molecule has 152 valence electrons. The monoisotopic (exact) mass is 420 g/mol. The van der Waals surface area contributed by atoms with Crippen molar-refractivity contribution < 1.29 is 8.42 Å². The Balaban J connectivity index is 1.40. The van der Waals surface area contributed by atoms with Crippen LogP contribution in [0.1, 0.15) is 18.4 Å². The Labute approximate surface area is 171 Å². The van der Waals surface area contributed by atoms with Gasteiger partial charge in [-0.3, -0.25) is 4.99 Å². The molecular weight excluding hydrogens is 392 g/mol. The highest BCUT2D eigenvalue weighted by molar-refractivity contribution is 7.91. The number of thiophene rings is 1. The van der Waals surface area contributed by atoms with E-state index in [1.165, 1.54) is 16.9 Å². The average Bonchev–Trinajstić information content (AvgIpc) is 3.26. The molecule has 2 aromatic rings. The zero-order valence-electron chi connectivity index (χ0n) is 16.2. The lowest BCUT2D eigenvalue weighted by Crippen LogP contribution is -2.47. The van der Waals surface area contributed by atoms with Gasteiger partial charge in [-0.15, -0.1) is 11.3 Å². The van der Waals surface area contributed by atoms with E-state index >= 15 is 0 Å². The van der Waals surface area contributed by atoms with Gasteiger partial charge in [-0.1, -0.05) is 36.4 Å². The Morgan fingerprint density at radius 3 is 2.54 bits per heavy atom. The lowest BCUT2D eigenvalue weighted by molar-refractivity contribution is 0.259. The van der Waals surface area contributed by atoms with E-state index in [2.05, 4.69) is 50.3 Å². The van der Waals surface area contributed by atoms with Gasteiger partial charge in [-0.05, 0) is 42.2 Å². The van der Waals surface area contributed by atoms with E-state index < -0.39 is 10.0 Å². The Bertz CT molecular complexity index is 844. The Hall–Kier alpha value is -1.90. The number of aliphatic imine (C=N–C) groups is 1. The summed E-state index contributed by atoms with van der Waals surface area (Å²) in [6.45, 7) is 2.77. The molecule has 6 nitrogen and oxygen atoms in total. The van der Waals surface area contributed by atoms with Crippen molar-refractivity contribution in [3.63, 3.8) is 0 Å². The van der Waals surface area contributed by atoms with Crippen LogP contribution >= 0.6 is 11.3 Å². The zero-order valence-corrected chi connectivity index (χ0v) is 17.8. The van der Waals surface area contributed by atoms with Crippen LogP contribution in [-0.4, -0.2) is 52.5 Å². The van der Waals surface area contributed by atoms with Crippen molar-refractivity contribution in [2.45, 2.75) is 23.5 Å². The van der Waals surface area contributed by atoms with Crippen molar-refractivity contribution in [2.75, 3.05) is 33.2 Å². The topological polar surface area (TPSA) is 73.8 Å². The number of nitrogens with one attached hydrogen (secondary N) is 2. The van der Waals surface area contributed by atoms with Crippen molar-refractivity contribution >= 4 is 27.3 Å². The lowest BCUT2D eigenvalue weighted by Gasteiger charge is -2.34. The molecule has 3 rings (SSSR count). The summed E-state index contributed by atoms with van der Waals surface area (Å²) >= 11 is 1.22. The summed E-state index contributed by atoms with van der Waals surface area (Å²) in [7, 11) is -1.64. The standard InChI is InChI=1S/C20H28N4O2S2/c1-21-20(22-11-12-23-28(25,26)19-8-5-15-27-19)24-13-9-18(10-14-24)16-17-6-3-2-4-7-17/h2-8,15,18,23H,9-14,16H2,1H3,(H,21,22). The third-order valence-corrected chi connectivity index (χ3v) is 7.81. The summed E-state index contributed by atoms with van der Waals surface area (Å²) in [4.78, 5) is 6.62. The molecule has 1 aromatic heterocycles. The minimum atomic E-state index is -3.41. The van der Waals surface area contributed by atoms with Crippen LogP contribution in [0.25, 0.3) is 0 Å². The fraction of sp³-hybridized carbons (Fsp3) is 0.450. The van der Waals surface area contributed by atoms with Crippen LogP contribution in [0.15, 0.2) is 57.0 Å². The molecule has 28 heavy (non-hydrogen) atoms. The minimum Gasteiger partial charge on any atom is -0.355 e. The third-order valence-electron chi connectivity index (χ3n) is 4.95. The number of likely N-dealkylation sites (tertiary alicyclic amines) is 1. The molecule has 0 atom stereocenters. The predicted molar refractivity (Wildman–Crippen MR) is 115 cm³/mol. The van der Waals surface area contributed by atoms with E-state index in [0.717, 1.165) is 38.3 Å². The van der Waals surface area contributed by atoms with Crippen molar-refractivity contribution in [3.8, 4) is 0 Å². The van der Waals surface area contributed by atoms with Crippen LogP contribution in [0, 0.1) is 5.92 Å². The van der Waals surface area contributed by atoms with Gasteiger partial charge in [0.05, 0.1) is 0 Å². The lowest BCUT2D eigenvalue weighted by atomic mass is 9.90. The number of hydrogen-bond donors (Lipinski definition) is 2. The fourth-order valence-electron chi connectivity index (χ4n) is 3.48. The summed E-state index contributed by atoms with van der Waals surface area (Å²) < 4.78 is 27.2. The predicted octanol–water partition coefficient (Wildman–Crippen LogP) is 2.56. The zero-order chi connectivity index (χ0) is 19.8. The van der Waals surface area contributed by atoms with Crippen LogP contribution in [0.3, 0.4) is 0 Å². The molecule has 0 radical (unpaired) electrons. The smallest absolute Gasteiger partial charge is 0.250 e. The van der Waals surface area contributed by atoms with Crippen LogP contribution in [0.5, 0.6) is 0 Å². The van der Waals surface area contributed by atoms with E-state index in [9.17, 15) is 8.42 Å². The molecule has 0 spiro atoms. The first-order valence-corrected chi connectivity index (χ1v) is 12.0. The summed E-state index contributed by atoms with van der Waals surface area (Å²) in [5.41, 5.74) is 1.40. The number of guanidine groups is 1. The summed E-state index contributed by atoms with van der Waals surface area (Å²) in [5.74, 6) is 1.54. The molecule has 2 heterocycles. The van der Waals surface area contributed by atoms with E-state index in [1.54, 1.807) is 24.6 Å². The first kappa shape index (κ1) is 20.8. The maximum atomic E-state index is 12.1. The van der Waals surface area contributed by atoms with Crippen molar-refractivity contribution in [1.82, 2.24) is 14.9 Å². The van der Waals surface area contributed by atoms with Gasteiger partial charge in [-0.25, -0.2) is 13.1 Å². The number of hydrogen-bond acceptors (Lipinski definition) is 4. The van der Waals surface area contributed by atoms with Gasteiger partial charge < -0.3 is 10.2 Å². The highest BCUT2D eigenvalue weighted by Crippen LogP contribution is 2.21. The van der Waals surface area contributed by atoms with Gasteiger partial charge in [-0.2, -0.15) is 0 Å². The Kier molecular flexibility index (Phi) is 7.47. The highest BCUT2D eigenvalue weighted by Gasteiger charge is 2.21. The van der Waals surface area contributed by atoms with Crippen molar-refractivity contribution in [1.29, 1.82) is 0 Å². The molecule has 0 saturated carbocycles. The van der Waals surface area contributed by atoms with Crippen LogP contribution in [0.2, 0.25) is 0 Å². The Morgan fingerprint density at radius 1 is 1.14 bits per heavy atom. The summed E-state index contributed by atoms with van der Waals surface area (Å²) in [6, 6.07) is 14.0. The molecule has 2 N–H and O–H groups in total. The second kappa shape index (κ2) is 10.0. The average molecular weight is 421 g/mol. The second-order valence-electron chi connectivity index (χ2n) is 6.92. The van der Waals surface area contributed by atoms with E-state index in [4.69, 9.17) is 0 Å². The molecule has 1 aliphatic heterocycles. The third kappa shape index (κ3) is 5.80. The molecule has 0 unspecified atom stereocenters. The van der Waals surface area contributed by atoms with Crippen molar-refractivity contribution in [2.24, 2.45) is 10.9 Å². The molecule has 0 bridgehead atoms. The van der Waals surface area contributed by atoms with Crippen molar-refractivity contribution in [3.05, 3.63) is 53.4 Å². The Morgan fingerprint density at radius 2 is 1.89 bits per heavy atom. The van der Waals surface area contributed by atoms with Gasteiger partial charge in [0.25, 0.3) is 0 Å².